The molecule has 0 aliphatic carbocycles. The summed E-state index contributed by atoms with van der Waals surface area (Å²) in [4.78, 5) is 42.0. The van der Waals surface area contributed by atoms with E-state index in [0.29, 0.717) is 27.8 Å². The van der Waals surface area contributed by atoms with Gasteiger partial charge in [-0.1, -0.05) is 18.2 Å². The average Bonchev–Trinajstić information content (AvgIpc) is 2.85. The summed E-state index contributed by atoms with van der Waals surface area (Å²) in [5, 5.41) is 7.19. The van der Waals surface area contributed by atoms with Gasteiger partial charge in [-0.25, -0.2) is 9.97 Å². The van der Waals surface area contributed by atoms with Crippen LogP contribution in [0.15, 0.2) is 67.3 Å². The molecular weight excluding hydrogens is 444 g/mol. The van der Waals surface area contributed by atoms with E-state index in [1.807, 2.05) is 31.2 Å². The Labute approximate surface area is 199 Å². The highest BCUT2D eigenvalue weighted by molar-refractivity contribution is 6.43. The molecular formula is C25H20N8O2. The second-order valence-corrected chi connectivity index (χ2v) is 7.91. The van der Waals surface area contributed by atoms with Crippen LogP contribution in [0.5, 0.6) is 0 Å². The first-order valence-electron chi connectivity index (χ1n) is 10.6. The number of hydrogen-bond donors (Lipinski definition) is 4. The topological polar surface area (TPSA) is 162 Å². The lowest BCUT2D eigenvalue weighted by Gasteiger charge is -2.11. The number of nitrogens with zero attached hydrogens (tertiary/aromatic N) is 4. The number of pyridine rings is 4. The number of aromatic nitrogens is 4. The molecule has 0 spiro atoms. The Bertz CT molecular complexity index is 1630. The van der Waals surface area contributed by atoms with Crippen LogP contribution in [0, 0.1) is 6.92 Å². The molecule has 4 heterocycles. The van der Waals surface area contributed by atoms with Gasteiger partial charge in [-0.15, -0.1) is 0 Å². The van der Waals surface area contributed by atoms with Crippen molar-refractivity contribution in [2.75, 3.05) is 22.1 Å². The quantitative estimate of drug-likeness (QED) is 0.296. The van der Waals surface area contributed by atoms with E-state index in [9.17, 15) is 9.59 Å². The maximum atomic E-state index is 12.5. The van der Waals surface area contributed by atoms with Crippen molar-refractivity contribution >= 4 is 56.5 Å². The van der Waals surface area contributed by atoms with E-state index in [-0.39, 0.29) is 11.6 Å². The van der Waals surface area contributed by atoms with Crippen LogP contribution in [-0.2, 0) is 9.59 Å². The molecule has 35 heavy (non-hydrogen) atoms. The molecule has 1 aromatic carbocycles. The number of nitrogens with two attached hydrogens (primary N) is 2. The lowest BCUT2D eigenvalue weighted by molar-refractivity contribution is -0.133. The van der Waals surface area contributed by atoms with Crippen LogP contribution < -0.4 is 22.1 Å². The Balaban J connectivity index is 1.38. The van der Waals surface area contributed by atoms with Crippen molar-refractivity contribution in [3.05, 3.63) is 72.8 Å². The second-order valence-electron chi connectivity index (χ2n) is 7.91. The minimum atomic E-state index is -0.872. The standard InChI is InChI=1S/C25H20N8O2/c1-13-17(10-28-12-19(13)26)21-7-15-8-22(30-11-18(15)23(27)32-21)33-25(35)24(34)31-16-6-14-4-2-3-5-20(14)29-9-16/h2-12H,26H2,1H3,(H2,27,32)(H,31,34)(H,30,33,35). The summed E-state index contributed by atoms with van der Waals surface area (Å²) in [5.74, 6) is -1.26. The molecule has 0 saturated heterocycles. The Kier molecular flexibility index (Phi) is 5.38. The van der Waals surface area contributed by atoms with Gasteiger partial charge in [0.2, 0.25) is 0 Å². The molecule has 0 bridgehead atoms. The molecule has 5 rings (SSSR count). The maximum absolute atomic E-state index is 12.5. The number of nitrogen functional groups attached to an aromatic ring is 2. The molecule has 0 unspecified atom stereocenters. The van der Waals surface area contributed by atoms with Crippen molar-refractivity contribution in [1.29, 1.82) is 0 Å². The van der Waals surface area contributed by atoms with Gasteiger partial charge in [-0.05, 0) is 42.1 Å². The molecule has 0 atom stereocenters. The molecule has 172 valence electrons. The van der Waals surface area contributed by atoms with E-state index >= 15 is 0 Å². The van der Waals surface area contributed by atoms with E-state index in [0.717, 1.165) is 22.0 Å². The third-order valence-electron chi connectivity index (χ3n) is 5.57. The number of amides is 2. The van der Waals surface area contributed by atoms with Crippen LogP contribution in [0.3, 0.4) is 0 Å². The van der Waals surface area contributed by atoms with Crippen LogP contribution in [0.4, 0.5) is 23.0 Å². The number of nitrogens with one attached hydrogen (secondary N) is 2. The number of benzene rings is 1. The zero-order valence-electron chi connectivity index (χ0n) is 18.6. The second kappa shape index (κ2) is 8.67. The predicted molar refractivity (Wildman–Crippen MR) is 135 cm³/mol. The fourth-order valence-electron chi connectivity index (χ4n) is 3.68. The average molecular weight is 464 g/mol. The van der Waals surface area contributed by atoms with Crippen LogP contribution in [0.25, 0.3) is 32.9 Å². The highest BCUT2D eigenvalue weighted by Crippen LogP contribution is 2.30. The van der Waals surface area contributed by atoms with Crippen LogP contribution >= 0.6 is 0 Å². The van der Waals surface area contributed by atoms with E-state index in [2.05, 4.69) is 30.6 Å². The molecule has 6 N–H and O–H groups in total. The highest BCUT2D eigenvalue weighted by atomic mass is 16.2. The smallest absolute Gasteiger partial charge is 0.315 e. The zero-order valence-corrected chi connectivity index (χ0v) is 18.6. The maximum Gasteiger partial charge on any atom is 0.315 e. The third kappa shape index (κ3) is 4.27. The number of fused-ring (bicyclic) bond motifs is 2. The van der Waals surface area contributed by atoms with Crippen molar-refractivity contribution in [3.8, 4) is 11.3 Å². The number of carbonyl (C=O) groups excluding carboxylic acids is 2. The monoisotopic (exact) mass is 464 g/mol. The van der Waals surface area contributed by atoms with E-state index in [1.54, 1.807) is 30.6 Å². The number of carbonyl (C=O) groups is 2. The minimum Gasteiger partial charge on any atom is -0.397 e. The van der Waals surface area contributed by atoms with Gasteiger partial charge in [0.25, 0.3) is 0 Å². The van der Waals surface area contributed by atoms with E-state index in [4.69, 9.17) is 11.5 Å². The molecule has 2 amide bonds. The van der Waals surface area contributed by atoms with Crippen LogP contribution in [-0.4, -0.2) is 31.8 Å². The van der Waals surface area contributed by atoms with Gasteiger partial charge in [-0.2, -0.15) is 0 Å². The van der Waals surface area contributed by atoms with Gasteiger partial charge in [0, 0.05) is 28.7 Å². The highest BCUT2D eigenvalue weighted by Gasteiger charge is 2.16. The van der Waals surface area contributed by atoms with Crippen LogP contribution in [0.2, 0.25) is 0 Å². The normalized spacial score (nSPS) is 10.9. The molecule has 0 saturated carbocycles. The first kappa shape index (κ1) is 21.7. The van der Waals surface area contributed by atoms with Gasteiger partial charge in [0.05, 0.1) is 35.0 Å². The first-order valence-corrected chi connectivity index (χ1v) is 10.6. The molecule has 4 aromatic heterocycles. The van der Waals surface area contributed by atoms with Gasteiger partial charge < -0.3 is 22.1 Å². The number of para-hydroxylation sites is 1. The Morgan fingerprint density at radius 1 is 0.857 bits per heavy atom. The summed E-state index contributed by atoms with van der Waals surface area (Å²) in [7, 11) is 0. The number of hydrogen-bond acceptors (Lipinski definition) is 8. The molecule has 0 fully saturated rings. The van der Waals surface area contributed by atoms with Crippen molar-refractivity contribution in [3.63, 3.8) is 0 Å². The summed E-state index contributed by atoms with van der Waals surface area (Å²) in [5.41, 5.74) is 16.0. The minimum absolute atomic E-state index is 0.188. The lowest BCUT2D eigenvalue weighted by Crippen LogP contribution is -2.29. The Hall–Kier alpha value is -5.12. The van der Waals surface area contributed by atoms with E-state index < -0.39 is 11.8 Å². The van der Waals surface area contributed by atoms with Crippen molar-refractivity contribution < 1.29 is 9.59 Å². The number of anilines is 4. The Morgan fingerprint density at radius 2 is 1.66 bits per heavy atom. The SMILES string of the molecule is Cc1c(N)cncc1-c1cc2cc(NC(=O)C(=O)Nc3cnc4ccccc4c3)ncc2c(N)n1. The summed E-state index contributed by atoms with van der Waals surface area (Å²) < 4.78 is 0. The largest absolute Gasteiger partial charge is 0.397 e. The van der Waals surface area contributed by atoms with Gasteiger partial charge in [0.1, 0.15) is 11.6 Å². The molecule has 5 aromatic rings. The van der Waals surface area contributed by atoms with Crippen molar-refractivity contribution in [2.24, 2.45) is 0 Å². The van der Waals surface area contributed by atoms with Crippen molar-refractivity contribution in [1.82, 2.24) is 19.9 Å². The van der Waals surface area contributed by atoms with Gasteiger partial charge >= 0.3 is 11.8 Å². The van der Waals surface area contributed by atoms with E-state index in [1.165, 1.54) is 12.4 Å². The molecule has 10 heteroatoms. The fourth-order valence-corrected chi connectivity index (χ4v) is 3.68. The molecule has 0 aliphatic rings. The summed E-state index contributed by atoms with van der Waals surface area (Å²) in [6.45, 7) is 1.87. The number of rotatable bonds is 3. The third-order valence-corrected chi connectivity index (χ3v) is 5.57. The van der Waals surface area contributed by atoms with Gasteiger partial charge in [-0.3, -0.25) is 19.6 Å². The predicted octanol–water partition coefficient (Wildman–Crippen LogP) is 3.29. The van der Waals surface area contributed by atoms with Gasteiger partial charge in [0.15, 0.2) is 0 Å². The van der Waals surface area contributed by atoms with Crippen LogP contribution in [0.1, 0.15) is 5.56 Å². The molecule has 0 aliphatic heterocycles. The molecule has 0 radical (unpaired) electrons. The molecule has 10 nitrogen and oxygen atoms in total. The first-order chi connectivity index (χ1) is 16.9. The summed E-state index contributed by atoms with van der Waals surface area (Å²) >= 11 is 0. The fraction of sp³-hybridized carbons (Fsp3) is 0.0400. The summed E-state index contributed by atoms with van der Waals surface area (Å²) in [6.07, 6.45) is 6.22. The Morgan fingerprint density at radius 3 is 2.51 bits per heavy atom. The summed E-state index contributed by atoms with van der Waals surface area (Å²) in [6, 6.07) is 12.6. The lowest BCUT2D eigenvalue weighted by atomic mass is 10.0. The van der Waals surface area contributed by atoms with Crippen molar-refractivity contribution in [2.45, 2.75) is 6.92 Å². The zero-order chi connectivity index (χ0) is 24.5.